The Hall–Kier alpha value is -3.56. The van der Waals surface area contributed by atoms with Gasteiger partial charge in [-0.05, 0) is 25.0 Å². The zero-order valence-electron chi connectivity index (χ0n) is 14.3. The third-order valence-corrected chi connectivity index (χ3v) is 4.39. The summed E-state index contributed by atoms with van der Waals surface area (Å²) in [7, 11) is 0. The van der Waals surface area contributed by atoms with Gasteiger partial charge in [0.25, 0.3) is 11.8 Å². The Morgan fingerprint density at radius 2 is 1.89 bits per heavy atom. The van der Waals surface area contributed by atoms with Crippen molar-refractivity contribution in [2.24, 2.45) is 0 Å². The maximum atomic E-state index is 12.4. The Kier molecular flexibility index (Phi) is 5.25. The van der Waals surface area contributed by atoms with Crippen LogP contribution in [-0.4, -0.2) is 50.7 Å². The first-order valence-corrected chi connectivity index (χ1v) is 8.33. The summed E-state index contributed by atoms with van der Waals surface area (Å²) in [4.78, 5) is 53.8. The fourth-order valence-corrected chi connectivity index (χ4v) is 2.91. The minimum Gasteiger partial charge on any atom is -0.349 e. The van der Waals surface area contributed by atoms with E-state index in [1.165, 1.54) is 0 Å². The SMILES string of the molecule is O=C(NC1CCN(C(=O)c2ccncc2)CC1)c1c[nH]c(=O)c([N+](=O)[O-])c1. The van der Waals surface area contributed by atoms with Gasteiger partial charge >= 0.3 is 11.2 Å². The molecule has 140 valence electrons. The number of nitrogens with one attached hydrogen (secondary N) is 2. The molecular formula is C17H17N5O5. The summed E-state index contributed by atoms with van der Waals surface area (Å²) >= 11 is 0. The van der Waals surface area contributed by atoms with E-state index in [9.17, 15) is 24.5 Å². The second-order valence-electron chi connectivity index (χ2n) is 6.14. The number of likely N-dealkylation sites (tertiary alicyclic amines) is 1. The number of carbonyl (C=O) groups is 2. The molecule has 0 bridgehead atoms. The number of nitrogens with zero attached hydrogens (tertiary/aromatic N) is 3. The number of pyridine rings is 2. The molecular weight excluding hydrogens is 354 g/mol. The molecule has 27 heavy (non-hydrogen) atoms. The van der Waals surface area contributed by atoms with Crippen molar-refractivity contribution in [3.8, 4) is 0 Å². The van der Waals surface area contributed by atoms with Crippen LogP contribution in [0, 0.1) is 10.1 Å². The van der Waals surface area contributed by atoms with E-state index in [1.807, 2.05) is 0 Å². The highest BCUT2D eigenvalue weighted by Crippen LogP contribution is 2.15. The van der Waals surface area contributed by atoms with Crippen LogP contribution in [0.15, 0.2) is 41.6 Å². The second kappa shape index (κ2) is 7.77. The molecule has 0 radical (unpaired) electrons. The molecule has 1 aliphatic heterocycles. The highest BCUT2D eigenvalue weighted by Gasteiger charge is 2.25. The van der Waals surface area contributed by atoms with Crippen LogP contribution in [0.2, 0.25) is 0 Å². The molecule has 10 nitrogen and oxygen atoms in total. The van der Waals surface area contributed by atoms with E-state index in [0.29, 0.717) is 31.5 Å². The van der Waals surface area contributed by atoms with E-state index in [0.717, 1.165) is 12.3 Å². The number of carbonyl (C=O) groups excluding carboxylic acids is 2. The number of aromatic amines is 1. The number of rotatable bonds is 4. The number of aromatic nitrogens is 2. The van der Waals surface area contributed by atoms with Crippen molar-refractivity contribution in [1.29, 1.82) is 0 Å². The van der Waals surface area contributed by atoms with Crippen molar-refractivity contribution in [2.45, 2.75) is 18.9 Å². The first kappa shape index (κ1) is 18.2. The van der Waals surface area contributed by atoms with Crippen molar-refractivity contribution in [2.75, 3.05) is 13.1 Å². The normalized spacial score (nSPS) is 14.6. The summed E-state index contributed by atoms with van der Waals surface area (Å²) in [5, 5.41) is 13.6. The minimum atomic E-state index is -0.862. The van der Waals surface area contributed by atoms with Gasteiger partial charge in [-0.25, -0.2) is 0 Å². The van der Waals surface area contributed by atoms with Gasteiger partial charge in [0.15, 0.2) is 0 Å². The van der Waals surface area contributed by atoms with E-state index in [4.69, 9.17) is 0 Å². The van der Waals surface area contributed by atoms with Gasteiger partial charge in [0.2, 0.25) is 0 Å². The summed E-state index contributed by atoms with van der Waals surface area (Å²) in [5.41, 5.74) is -0.968. The van der Waals surface area contributed by atoms with Crippen LogP contribution < -0.4 is 10.9 Å². The van der Waals surface area contributed by atoms with Crippen molar-refractivity contribution >= 4 is 17.5 Å². The Bertz CT molecular complexity index is 919. The van der Waals surface area contributed by atoms with Crippen LogP contribution >= 0.6 is 0 Å². The van der Waals surface area contributed by atoms with Gasteiger partial charge < -0.3 is 15.2 Å². The molecule has 3 rings (SSSR count). The summed E-state index contributed by atoms with van der Waals surface area (Å²) in [6, 6.07) is 4.10. The quantitative estimate of drug-likeness (QED) is 0.600. The monoisotopic (exact) mass is 371 g/mol. The smallest absolute Gasteiger partial charge is 0.334 e. The molecule has 2 aromatic heterocycles. The molecule has 1 saturated heterocycles. The molecule has 0 aliphatic carbocycles. The molecule has 2 amide bonds. The molecule has 10 heteroatoms. The van der Waals surface area contributed by atoms with E-state index in [2.05, 4.69) is 15.3 Å². The fourth-order valence-electron chi connectivity index (χ4n) is 2.91. The van der Waals surface area contributed by atoms with Gasteiger partial charge in [0.1, 0.15) is 0 Å². The van der Waals surface area contributed by atoms with Gasteiger partial charge in [0.05, 0.1) is 10.5 Å². The van der Waals surface area contributed by atoms with Gasteiger partial charge in [-0.3, -0.25) is 29.5 Å². The van der Waals surface area contributed by atoms with E-state index >= 15 is 0 Å². The van der Waals surface area contributed by atoms with Crippen molar-refractivity contribution in [3.63, 3.8) is 0 Å². The number of hydrogen-bond acceptors (Lipinski definition) is 6. The number of piperidine rings is 1. The lowest BCUT2D eigenvalue weighted by atomic mass is 10.0. The molecule has 0 aromatic carbocycles. The third-order valence-electron chi connectivity index (χ3n) is 4.39. The highest BCUT2D eigenvalue weighted by atomic mass is 16.6. The highest BCUT2D eigenvalue weighted by molar-refractivity contribution is 5.95. The molecule has 3 heterocycles. The molecule has 2 N–H and O–H groups in total. The zero-order chi connectivity index (χ0) is 19.4. The van der Waals surface area contributed by atoms with Crippen LogP contribution in [0.4, 0.5) is 5.69 Å². The number of nitro groups is 1. The first-order chi connectivity index (χ1) is 13.0. The maximum absolute atomic E-state index is 12.4. The average molecular weight is 371 g/mol. The molecule has 2 aromatic rings. The summed E-state index contributed by atoms with van der Waals surface area (Å²) in [6.45, 7) is 0.968. The van der Waals surface area contributed by atoms with Crippen molar-refractivity contribution in [1.82, 2.24) is 20.2 Å². The number of amides is 2. The minimum absolute atomic E-state index is 0.0107. The molecule has 0 saturated carbocycles. The molecule has 0 spiro atoms. The Balaban J connectivity index is 1.58. The zero-order valence-corrected chi connectivity index (χ0v) is 14.3. The van der Waals surface area contributed by atoms with E-state index < -0.39 is 22.1 Å². The Morgan fingerprint density at radius 3 is 2.52 bits per heavy atom. The Labute approximate surface area is 153 Å². The van der Waals surface area contributed by atoms with Crippen molar-refractivity contribution < 1.29 is 14.5 Å². The number of hydrogen-bond donors (Lipinski definition) is 2. The standard InChI is InChI=1S/C17H17N5O5/c23-15(12-9-14(22(26)27)16(24)19-10-12)20-13-3-7-21(8-4-13)17(25)11-1-5-18-6-2-11/h1-2,5-6,9-10,13H,3-4,7-8H2,(H,19,24)(H,20,23). The second-order valence-corrected chi connectivity index (χ2v) is 6.14. The third kappa shape index (κ3) is 4.17. The average Bonchev–Trinajstić information content (AvgIpc) is 2.68. The summed E-state index contributed by atoms with van der Waals surface area (Å²) in [5.74, 6) is -0.591. The molecule has 1 aliphatic rings. The predicted octanol–water partition coefficient (Wildman–Crippen LogP) is 0.713. The largest absolute Gasteiger partial charge is 0.349 e. The molecule has 0 atom stereocenters. The van der Waals surface area contributed by atoms with Crippen LogP contribution in [0.3, 0.4) is 0 Å². The van der Waals surface area contributed by atoms with Crippen molar-refractivity contribution in [3.05, 3.63) is 68.4 Å². The van der Waals surface area contributed by atoms with Gasteiger partial charge in [-0.1, -0.05) is 0 Å². The van der Waals surface area contributed by atoms with Crippen LogP contribution in [-0.2, 0) is 0 Å². The number of H-pyrrole nitrogens is 1. The van der Waals surface area contributed by atoms with Gasteiger partial charge in [0, 0.05) is 49.4 Å². The van der Waals surface area contributed by atoms with E-state index in [1.54, 1.807) is 29.4 Å². The molecule has 0 unspecified atom stereocenters. The summed E-state index contributed by atoms with van der Waals surface area (Å²) in [6.07, 6.45) is 5.39. The Morgan fingerprint density at radius 1 is 1.22 bits per heavy atom. The lowest BCUT2D eigenvalue weighted by molar-refractivity contribution is -0.386. The summed E-state index contributed by atoms with van der Waals surface area (Å²) < 4.78 is 0. The topological polar surface area (TPSA) is 138 Å². The van der Waals surface area contributed by atoms with Crippen LogP contribution in [0.25, 0.3) is 0 Å². The van der Waals surface area contributed by atoms with E-state index in [-0.39, 0.29) is 17.5 Å². The predicted molar refractivity (Wildman–Crippen MR) is 94.3 cm³/mol. The maximum Gasteiger partial charge on any atom is 0.334 e. The lowest BCUT2D eigenvalue weighted by Crippen LogP contribution is -2.46. The fraction of sp³-hybridized carbons (Fsp3) is 0.294. The van der Waals surface area contributed by atoms with Gasteiger partial charge in [-0.2, -0.15) is 0 Å². The van der Waals surface area contributed by atoms with Crippen LogP contribution in [0.1, 0.15) is 33.6 Å². The molecule has 1 fully saturated rings. The van der Waals surface area contributed by atoms with Crippen LogP contribution in [0.5, 0.6) is 0 Å². The lowest BCUT2D eigenvalue weighted by Gasteiger charge is -2.32. The first-order valence-electron chi connectivity index (χ1n) is 8.33. The van der Waals surface area contributed by atoms with Gasteiger partial charge in [-0.15, -0.1) is 0 Å².